The van der Waals surface area contributed by atoms with E-state index in [1.807, 2.05) is 6.92 Å². The van der Waals surface area contributed by atoms with Gasteiger partial charge in [-0.15, -0.1) is 0 Å². The van der Waals surface area contributed by atoms with Crippen LogP contribution in [0.5, 0.6) is 5.75 Å². The molecule has 1 amide bonds. The monoisotopic (exact) mass is 250 g/mol. The molecule has 2 atom stereocenters. The van der Waals surface area contributed by atoms with E-state index in [-0.39, 0.29) is 23.6 Å². The largest absolute Gasteiger partial charge is 0.506 e. The summed E-state index contributed by atoms with van der Waals surface area (Å²) in [6.07, 6.45) is 0. The number of rotatable bonds is 4. The number of aromatic hydroxyl groups is 1. The van der Waals surface area contributed by atoms with Gasteiger partial charge in [-0.1, -0.05) is 19.1 Å². The van der Waals surface area contributed by atoms with Gasteiger partial charge in [0.15, 0.2) is 0 Å². The predicted octanol–water partition coefficient (Wildman–Crippen LogP) is 0.955. The van der Waals surface area contributed by atoms with Crippen LogP contribution in [0.3, 0.4) is 0 Å². The second-order valence-corrected chi connectivity index (χ2v) is 4.31. The molecule has 0 radical (unpaired) electrons. The van der Waals surface area contributed by atoms with Crippen LogP contribution in [0.25, 0.3) is 0 Å². The van der Waals surface area contributed by atoms with Crippen molar-refractivity contribution in [2.75, 3.05) is 25.1 Å². The highest BCUT2D eigenvalue weighted by atomic mass is 16.5. The fraction of sp³-hybridized carbons (Fsp3) is 0.462. The number of ether oxygens (including phenoxy) is 1. The third-order valence-electron chi connectivity index (χ3n) is 3.05. The van der Waals surface area contributed by atoms with E-state index < -0.39 is 0 Å². The van der Waals surface area contributed by atoms with Crippen LogP contribution < -0.4 is 10.6 Å². The number of anilines is 1. The summed E-state index contributed by atoms with van der Waals surface area (Å²) in [6, 6.07) is 6.74. The Labute approximate surface area is 106 Å². The van der Waals surface area contributed by atoms with Crippen molar-refractivity contribution in [3.63, 3.8) is 0 Å². The molecule has 0 bridgehead atoms. The second-order valence-electron chi connectivity index (χ2n) is 4.31. The molecule has 5 nitrogen and oxygen atoms in total. The van der Waals surface area contributed by atoms with Gasteiger partial charge in [0.25, 0.3) is 0 Å². The maximum atomic E-state index is 12.1. The van der Waals surface area contributed by atoms with E-state index in [2.05, 4.69) is 10.6 Å². The number of nitrogens with one attached hydrogen (secondary N) is 2. The van der Waals surface area contributed by atoms with Crippen molar-refractivity contribution < 1.29 is 14.6 Å². The molecule has 1 aromatic carbocycles. The highest BCUT2D eigenvalue weighted by Gasteiger charge is 2.33. The smallest absolute Gasteiger partial charge is 0.231 e. The number of para-hydroxylation sites is 2. The van der Waals surface area contributed by atoms with Gasteiger partial charge in [-0.25, -0.2) is 0 Å². The Bertz CT molecular complexity index is 422. The van der Waals surface area contributed by atoms with E-state index >= 15 is 0 Å². The van der Waals surface area contributed by atoms with Crippen LogP contribution in [-0.4, -0.2) is 36.8 Å². The Morgan fingerprint density at radius 1 is 1.44 bits per heavy atom. The van der Waals surface area contributed by atoms with Crippen molar-refractivity contribution in [1.29, 1.82) is 0 Å². The fourth-order valence-corrected chi connectivity index (χ4v) is 2.08. The first-order valence-electron chi connectivity index (χ1n) is 6.12. The van der Waals surface area contributed by atoms with Gasteiger partial charge < -0.3 is 20.5 Å². The summed E-state index contributed by atoms with van der Waals surface area (Å²) in [7, 11) is 0. The van der Waals surface area contributed by atoms with E-state index in [1.54, 1.807) is 24.3 Å². The van der Waals surface area contributed by atoms with Gasteiger partial charge in [-0.3, -0.25) is 4.79 Å². The minimum absolute atomic E-state index is 0.0425. The first-order chi connectivity index (χ1) is 8.72. The van der Waals surface area contributed by atoms with Gasteiger partial charge in [0.2, 0.25) is 5.91 Å². The highest BCUT2D eigenvalue weighted by molar-refractivity contribution is 5.94. The van der Waals surface area contributed by atoms with Crippen molar-refractivity contribution in [2.24, 2.45) is 5.92 Å². The van der Waals surface area contributed by atoms with Crippen LogP contribution in [0.4, 0.5) is 5.69 Å². The summed E-state index contributed by atoms with van der Waals surface area (Å²) in [4.78, 5) is 12.1. The molecular formula is C13H18N2O3. The maximum absolute atomic E-state index is 12.1. The van der Waals surface area contributed by atoms with Crippen LogP contribution in [0.15, 0.2) is 24.3 Å². The molecule has 0 aliphatic carbocycles. The van der Waals surface area contributed by atoms with Gasteiger partial charge in [0.05, 0.1) is 24.8 Å². The lowest BCUT2D eigenvalue weighted by atomic mass is 10.0. The summed E-state index contributed by atoms with van der Waals surface area (Å²) in [5, 5.41) is 15.6. The van der Waals surface area contributed by atoms with Crippen LogP contribution in [0.1, 0.15) is 6.92 Å². The standard InChI is InChI=1S/C13H18N2O3/c1-2-14-11-8-18-7-9(11)13(17)15-10-5-3-4-6-12(10)16/h3-6,9,11,14,16H,2,7-8H2,1H3,(H,15,17). The zero-order valence-corrected chi connectivity index (χ0v) is 10.3. The number of benzene rings is 1. The predicted molar refractivity (Wildman–Crippen MR) is 68.5 cm³/mol. The summed E-state index contributed by atoms with van der Waals surface area (Å²) >= 11 is 0. The number of phenolic OH excluding ortho intramolecular Hbond substituents is 1. The van der Waals surface area contributed by atoms with Crippen molar-refractivity contribution in [3.8, 4) is 5.75 Å². The third-order valence-corrected chi connectivity index (χ3v) is 3.05. The van der Waals surface area contributed by atoms with E-state index in [4.69, 9.17) is 4.74 Å². The molecule has 1 fully saturated rings. The summed E-state index contributed by atoms with van der Waals surface area (Å²) < 4.78 is 5.33. The molecule has 1 saturated heterocycles. The first kappa shape index (κ1) is 12.9. The van der Waals surface area contributed by atoms with Crippen molar-refractivity contribution in [3.05, 3.63) is 24.3 Å². The molecule has 1 heterocycles. The number of hydrogen-bond donors (Lipinski definition) is 3. The molecule has 0 saturated carbocycles. The van der Waals surface area contributed by atoms with Crippen LogP contribution >= 0.6 is 0 Å². The Kier molecular flexibility index (Phi) is 4.17. The van der Waals surface area contributed by atoms with Crippen LogP contribution in [-0.2, 0) is 9.53 Å². The fourth-order valence-electron chi connectivity index (χ4n) is 2.08. The Hall–Kier alpha value is -1.59. The molecule has 2 rings (SSSR count). The molecule has 0 aromatic heterocycles. The molecule has 2 unspecified atom stereocenters. The van der Waals surface area contributed by atoms with E-state index in [9.17, 15) is 9.90 Å². The number of carbonyl (C=O) groups excluding carboxylic acids is 1. The molecule has 98 valence electrons. The lowest BCUT2D eigenvalue weighted by molar-refractivity contribution is -0.120. The number of phenols is 1. The first-order valence-corrected chi connectivity index (χ1v) is 6.12. The summed E-state index contributed by atoms with van der Waals surface area (Å²) in [6.45, 7) is 3.76. The van der Waals surface area contributed by atoms with E-state index in [0.717, 1.165) is 6.54 Å². The highest BCUT2D eigenvalue weighted by Crippen LogP contribution is 2.23. The van der Waals surface area contributed by atoms with E-state index in [0.29, 0.717) is 18.9 Å². The average molecular weight is 250 g/mol. The lowest BCUT2D eigenvalue weighted by Gasteiger charge is -2.18. The molecular weight excluding hydrogens is 232 g/mol. The normalized spacial score (nSPS) is 22.9. The SMILES string of the molecule is CCNC1COCC1C(=O)Nc1ccccc1O. The minimum Gasteiger partial charge on any atom is -0.506 e. The summed E-state index contributed by atoms with van der Waals surface area (Å²) in [5.74, 6) is -0.269. The molecule has 0 spiro atoms. The quantitative estimate of drug-likeness (QED) is 0.696. The van der Waals surface area contributed by atoms with Crippen LogP contribution in [0, 0.1) is 5.92 Å². The van der Waals surface area contributed by atoms with Crippen LogP contribution in [0.2, 0.25) is 0 Å². The Morgan fingerprint density at radius 3 is 2.94 bits per heavy atom. The number of amides is 1. The maximum Gasteiger partial charge on any atom is 0.231 e. The number of likely N-dealkylation sites (N-methyl/N-ethyl adjacent to an activating group) is 1. The Morgan fingerprint density at radius 2 is 2.22 bits per heavy atom. The Balaban J connectivity index is 2.01. The second kappa shape index (κ2) is 5.84. The van der Waals surface area contributed by atoms with Crippen molar-refractivity contribution in [1.82, 2.24) is 5.32 Å². The number of hydrogen-bond acceptors (Lipinski definition) is 4. The summed E-state index contributed by atoms with van der Waals surface area (Å²) in [5.41, 5.74) is 0.435. The van der Waals surface area contributed by atoms with E-state index in [1.165, 1.54) is 0 Å². The molecule has 5 heteroatoms. The molecule has 18 heavy (non-hydrogen) atoms. The zero-order chi connectivity index (χ0) is 13.0. The zero-order valence-electron chi connectivity index (χ0n) is 10.3. The average Bonchev–Trinajstić information content (AvgIpc) is 2.81. The number of carbonyl (C=O) groups is 1. The van der Waals surface area contributed by atoms with Gasteiger partial charge in [-0.05, 0) is 18.7 Å². The third kappa shape index (κ3) is 2.80. The van der Waals surface area contributed by atoms with Crippen molar-refractivity contribution >= 4 is 11.6 Å². The molecule has 1 aromatic rings. The van der Waals surface area contributed by atoms with Gasteiger partial charge in [-0.2, -0.15) is 0 Å². The molecule has 1 aliphatic heterocycles. The molecule has 1 aliphatic rings. The van der Waals surface area contributed by atoms with Gasteiger partial charge >= 0.3 is 0 Å². The molecule has 3 N–H and O–H groups in total. The lowest BCUT2D eigenvalue weighted by Crippen LogP contribution is -2.41. The van der Waals surface area contributed by atoms with Crippen molar-refractivity contribution in [2.45, 2.75) is 13.0 Å². The minimum atomic E-state index is -0.218. The van der Waals surface area contributed by atoms with Gasteiger partial charge in [0.1, 0.15) is 5.75 Å². The topological polar surface area (TPSA) is 70.6 Å². The van der Waals surface area contributed by atoms with Gasteiger partial charge in [0, 0.05) is 6.04 Å².